The van der Waals surface area contributed by atoms with Gasteiger partial charge in [0.05, 0.1) is 0 Å². The van der Waals surface area contributed by atoms with Crippen LogP contribution in [0, 0.1) is 0 Å². The molecule has 0 fully saturated rings. The fourth-order valence-electron chi connectivity index (χ4n) is 0.532. The van der Waals surface area contributed by atoms with Gasteiger partial charge in [0.1, 0.15) is 6.29 Å². The van der Waals surface area contributed by atoms with Crippen molar-refractivity contribution in [1.82, 2.24) is 0 Å². The summed E-state index contributed by atoms with van der Waals surface area (Å²) in [4.78, 5) is 10.0. The van der Waals surface area contributed by atoms with Crippen LogP contribution < -0.4 is 11.5 Å². The molecule has 0 aliphatic heterocycles. The van der Waals surface area contributed by atoms with E-state index in [9.17, 15) is 4.79 Å². The molecule has 0 aliphatic rings. The average molecular weight is 182 g/mol. The van der Waals surface area contributed by atoms with Crippen LogP contribution in [0.2, 0.25) is 0 Å². The molecule has 1 rings (SSSR count). The van der Waals surface area contributed by atoms with Gasteiger partial charge in [0.25, 0.3) is 0 Å². The number of benzene rings is 1. The summed E-state index contributed by atoms with van der Waals surface area (Å²) in [6.45, 7) is 0. The van der Waals surface area contributed by atoms with Crippen molar-refractivity contribution in [3.8, 4) is 0 Å². The molecule has 0 saturated heterocycles. The molecule has 64 valence electrons. The Kier molecular flexibility index (Phi) is 5.55. The molecule has 12 heavy (non-hydrogen) atoms. The maximum absolute atomic E-state index is 10.0. The third-order valence-electron chi connectivity index (χ3n) is 0.936. The highest BCUT2D eigenvalue weighted by atomic mass is 32.1. The number of hydrogen-bond acceptors (Lipinski definition) is 2. The minimum absolute atomic E-state index is 0.000000000000000222. The summed E-state index contributed by atoms with van der Waals surface area (Å²) in [5.41, 5.74) is 9.97. The van der Waals surface area contributed by atoms with Crippen LogP contribution in [0.3, 0.4) is 0 Å². The third kappa shape index (κ3) is 6.70. The van der Waals surface area contributed by atoms with E-state index in [1.807, 2.05) is 18.2 Å². The second-order valence-corrected chi connectivity index (χ2v) is 2.40. The van der Waals surface area contributed by atoms with E-state index in [1.54, 1.807) is 12.1 Å². The van der Waals surface area contributed by atoms with Crippen molar-refractivity contribution in [3.63, 3.8) is 0 Å². The zero-order valence-electron chi connectivity index (χ0n) is 6.44. The molecular formula is C8H10N2OS. The van der Waals surface area contributed by atoms with E-state index >= 15 is 0 Å². The van der Waals surface area contributed by atoms with Crippen molar-refractivity contribution in [2.24, 2.45) is 11.5 Å². The third-order valence-corrected chi connectivity index (χ3v) is 0.936. The van der Waals surface area contributed by atoms with Gasteiger partial charge >= 0.3 is 0 Å². The van der Waals surface area contributed by atoms with Crippen LogP contribution in [0.25, 0.3) is 0 Å². The Morgan fingerprint density at radius 1 is 1.25 bits per heavy atom. The predicted octanol–water partition coefficient (Wildman–Crippen LogP) is 0.688. The topological polar surface area (TPSA) is 69.1 Å². The second-order valence-electron chi connectivity index (χ2n) is 1.93. The van der Waals surface area contributed by atoms with Crippen molar-refractivity contribution in [3.05, 3.63) is 35.9 Å². The zero-order valence-corrected chi connectivity index (χ0v) is 7.25. The molecule has 0 aromatic heterocycles. The Bertz CT molecular complexity index is 244. The van der Waals surface area contributed by atoms with Gasteiger partial charge in [-0.2, -0.15) is 0 Å². The first-order valence-electron chi connectivity index (χ1n) is 3.22. The standard InChI is InChI=1S/C7H6O.CH4N2S/c8-6-7-4-2-1-3-5-7;2-1(3)4/h1-6H;(H4,2,3,4). The van der Waals surface area contributed by atoms with Gasteiger partial charge in [0.15, 0.2) is 5.11 Å². The van der Waals surface area contributed by atoms with Gasteiger partial charge in [0, 0.05) is 5.56 Å². The highest BCUT2D eigenvalue weighted by molar-refractivity contribution is 7.80. The molecular weight excluding hydrogens is 172 g/mol. The van der Waals surface area contributed by atoms with E-state index in [1.165, 1.54) is 0 Å². The number of hydrogen-bond donors (Lipinski definition) is 2. The summed E-state index contributed by atoms with van der Waals surface area (Å²) in [6, 6.07) is 9.10. The lowest BCUT2D eigenvalue weighted by molar-refractivity contribution is 0.112. The maximum Gasteiger partial charge on any atom is 0.160 e. The smallest absolute Gasteiger partial charge is 0.160 e. The first-order chi connectivity index (χ1) is 5.66. The molecule has 3 nitrogen and oxygen atoms in total. The van der Waals surface area contributed by atoms with E-state index in [2.05, 4.69) is 23.7 Å². The summed E-state index contributed by atoms with van der Waals surface area (Å²) < 4.78 is 0. The van der Waals surface area contributed by atoms with Gasteiger partial charge in [-0.05, 0) is 12.2 Å². The van der Waals surface area contributed by atoms with Crippen LogP contribution in [0.15, 0.2) is 30.3 Å². The normalized spacial score (nSPS) is 7.67. The quantitative estimate of drug-likeness (QED) is 0.495. The summed E-state index contributed by atoms with van der Waals surface area (Å²) in [5, 5.41) is 0.000000000000000222. The number of nitrogens with two attached hydrogens (primary N) is 2. The Morgan fingerprint density at radius 2 is 1.67 bits per heavy atom. The van der Waals surface area contributed by atoms with Crippen molar-refractivity contribution < 1.29 is 4.79 Å². The van der Waals surface area contributed by atoms with Crippen molar-refractivity contribution in [2.45, 2.75) is 0 Å². The van der Waals surface area contributed by atoms with Crippen LogP contribution in [-0.4, -0.2) is 11.4 Å². The fraction of sp³-hybridized carbons (Fsp3) is 0. The minimum atomic E-state index is 0.000000000000000222. The molecule has 0 unspecified atom stereocenters. The van der Waals surface area contributed by atoms with Gasteiger partial charge in [0.2, 0.25) is 0 Å². The van der Waals surface area contributed by atoms with E-state index in [-0.39, 0.29) is 5.11 Å². The second kappa shape index (κ2) is 6.30. The monoisotopic (exact) mass is 182 g/mol. The van der Waals surface area contributed by atoms with Crippen molar-refractivity contribution in [1.29, 1.82) is 0 Å². The van der Waals surface area contributed by atoms with E-state index in [4.69, 9.17) is 0 Å². The van der Waals surface area contributed by atoms with Crippen LogP contribution >= 0.6 is 12.2 Å². The molecule has 0 spiro atoms. The Morgan fingerprint density at radius 3 is 1.92 bits per heavy atom. The summed E-state index contributed by atoms with van der Waals surface area (Å²) in [6.07, 6.45) is 0.833. The number of rotatable bonds is 1. The fourth-order valence-corrected chi connectivity index (χ4v) is 0.532. The zero-order chi connectivity index (χ0) is 9.40. The summed E-state index contributed by atoms with van der Waals surface area (Å²) in [7, 11) is 0. The Hall–Kier alpha value is -1.42. The lowest BCUT2D eigenvalue weighted by Gasteiger charge is -1.81. The van der Waals surface area contributed by atoms with Crippen molar-refractivity contribution in [2.75, 3.05) is 0 Å². The van der Waals surface area contributed by atoms with E-state index in [0.717, 1.165) is 11.8 Å². The molecule has 4 N–H and O–H groups in total. The van der Waals surface area contributed by atoms with Crippen LogP contribution in [0.5, 0.6) is 0 Å². The highest BCUT2D eigenvalue weighted by Gasteiger charge is 1.79. The van der Waals surface area contributed by atoms with Crippen molar-refractivity contribution >= 4 is 23.6 Å². The lowest BCUT2D eigenvalue weighted by atomic mass is 10.2. The molecule has 0 saturated carbocycles. The molecule has 1 aromatic carbocycles. The Balaban J connectivity index is 0.000000261. The molecule has 0 radical (unpaired) electrons. The van der Waals surface area contributed by atoms with Gasteiger partial charge < -0.3 is 11.5 Å². The predicted molar refractivity (Wildman–Crippen MR) is 52.8 cm³/mol. The van der Waals surface area contributed by atoms with Gasteiger partial charge in [-0.1, -0.05) is 30.3 Å². The number of carbonyl (C=O) groups excluding carboxylic acids is 1. The first kappa shape index (κ1) is 10.6. The summed E-state index contributed by atoms with van der Waals surface area (Å²) in [5.74, 6) is 0. The number of aldehydes is 1. The lowest BCUT2D eigenvalue weighted by Crippen LogP contribution is -2.18. The molecule has 0 amide bonds. The van der Waals surface area contributed by atoms with Gasteiger partial charge in [-0.3, -0.25) is 4.79 Å². The first-order valence-corrected chi connectivity index (χ1v) is 3.62. The molecule has 4 heteroatoms. The molecule has 0 atom stereocenters. The molecule has 0 heterocycles. The van der Waals surface area contributed by atoms with Gasteiger partial charge in [-0.25, -0.2) is 0 Å². The van der Waals surface area contributed by atoms with Gasteiger partial charge in [-0.15, -0.1) is 0 Å². The summed E-state index contributed by atoms with van der Waals surface area (Å²) >= 11 is 4.09. The molecule has 0 bridgehead atoms. The SMILES string of the molecule is NC(N)=S.O=Cc1ccccc1. The van der Waals surface area contributed by atoms with E-state index < -0.39 is 0 Å². The number of carbonyl (C=O) groups is 1. The largest absolute Gasteiger partial charge is 0.377 e. The number of thiocarbonyl (C=S) groups is 1. The highest BCUT2D eigenvalue weighted by Crippen LogP contribution is 1.91. The average Bonchev–Trinajstić information content (AvgIpc) is 2.05. The van der Waals surface area contributed by atoms with E-state index in [0.29, 0.717) is 0 Å². The minimum Gasteiger partial charge on any atom is -0.377 e. The molecule has 0 aliphatic carbocycles. The molecule has 1 aromatic rings. The van der Waals surface area contributed by atoms with Crippen LogP contribution in [-0.2, 0) is 0 Å². The van der Waals surface area contributed by atoms with Crippen LogP contribution in [0.1, 0.15) is 10.4 Å². The Labute approximate surface area is 76.4 Å². The van der Waals surface area contributed by atoms with Crippen LogP contribution in [0.4, 0.5) is 0 Å². The maximum atomic E-state index is 10.0.